The largest absolute Gasteiger partial charge is 0.481 e. The first-order chi connectivity index (χ1) is 13.9. The maximum atomic E-state index is 12.3. The third-order valence-corrected chi connectivity index (χ3v) is 6.44. The van der Waals surface area contributed by atoms with Crippen molar-refractivity contribution < 1.29 is 14.7 Å². The average molecular weight is 392 g/mol. The third-order valence-electron chi connectivity index (χ3n) is 6.44. The van der Waals surface area contributed by atoms with E-state index >= 15 is 0 Å². The van der Waals surface area contributed by atoms with Gasteiger partial charge in [-0.1, -0.05) is 48.5 Å². The summed E-state index contributed by atoms with van der Waals surface area (Å²) in [7, 11) is 0. The van der Waals surface area contributed by atoms with Gasteiger partial charge in [0.15, 0.2) is 0 Å². The van der Waals surface area contributed by atoms with Gasteiger partial charge < -0.3 is 10.0 Å². The number of likely N-dealkylation sites (tertiary alicyclic amines) is 2. The molecule has 0 unspecified atom stereocenters. The SMILES string of the molecule is CC(=O)N1C[C@H]2CN(Cc3ccc(CC(=O)O)cc3)C[C@H]2[C@H]1c1ccccc1C. The zero-order chi connectivity index (χ0) is 20.5. The highest BCUT2D eigenvalue weighted by atomic mass is 16.4. The highest BCUT2D eigenvalue weighted by Gasteiger charge is 2.48. The van der Waals surface area contributed by atoms with Crippen molar-refractivity contribution in [3.8, 4) is 0 Å². The quantitative estimate of drug-likeness (QED) is 0.848. The molecule has 1 N–H and O–H groups in total. The Balaban J connectivity index is 1.48. The van der Waals surface area contributed by atoms with Crippen LogP contribution in [0.15, 0.2) is 48.5 Å². The summed E-state index contributed by atoms with van der Waals surface area (Å²) in [6, 6.07) is 16.5. The van der Waals surface area contributed by atoms with Crippen molar-refractivity contribution in [2.45, 2.75) is 32.9 Å². The van der Waals surface area contributed by atoms with Crippen LogP contribution in [0.25, 0.3) is 0 Å². The smallest absolute Gasteiger partial charge is 0.307 e. The number of hydrogen-bond acceptors (Lipinski definition) is 3. The van der Waals surface area contributed by atoms with Crippen molar-refractivity contribution in [2.24, 2.45) is 11.8 Å². The second-order valence-electron chi connectivity index (χ2n) is 8.48. The van der Waals surface area contributed by atoms with E-state index in [1.807, 2.05) is 24.3 Å². The first-order valence-corrected chi connectivity index (χ1v) is 10.3. The normalized spacial score (nSPS) is 23.9. The zero-order valence-corrected chi connectivity index (χ0v) is 17.0. The number of rotatable bonds is 5. The van der Waals surface area contributed by atoms with Gasteiger partial charge >= 0.3 is 5.97 Å². The maximum Gasteiger partial charge on any atom is 0.307 e. The van der Waals surface area contributed by atoms with Crippen LogP contribution in [0, 0.1) is 18.8 Å². The fourth-order valence-electron chi connectivity index (χ4n) is 5.10. The van der Waals surface area contributed by atoms with Gasteiger partial charge in [0, 0.05) is 39.0 Å². The molecule has 0 saturated carbocycles. The molecule has 2 fully saturated rings. The van der Waals surface area contributed by atoms with E-state index in [9.17, 15) is 9.59 Å². The van der Waals surface area contributed by atoms with Crippen LogP contribution in [0.4, 0.5) is 0 Å². The Kier molecular flexibility index (Phi) is 5.41. The summed E-state index contributed by atoms with van der Waals surface area (Å²) < 4.78 is 0. The van der Waals surface area contributed by atoms with Gasteiger partial charge in [0.05, 0.1) is 12.5 Å². The first kappa shape index (κ1) is 19.6. The molecule has 2 aromatic rings. The van der Waals surface area contributed by atoms with E-state index in [0.29, 0.717) is 11.8 Å². The first-order valence-electron chi connectivity index (χ1n) is 10.3. The Hall–Kier alpha value is -2.66. The number of hydrogen-bond donors (Lipinski definition) is 1. The van der Waals surface area contributed by atoms with Gasteiger partial charge in [-0.15, -0.1) is 0 Å². The summed E-state index contributed by atoms with van der Waals surface area (Å²) in [4.78, 5) is 27.7. The lowest BCUT2D eigenvalue weighted by Crippen LogP contribution is -2.34. The summed E-state index contributed by atoms with van der Waals surface area (Å²) >= 11 is 0. The van der Waals surface area contributed by atoms with E-state index in [1.165, 1.54) is 16.7 Å². The number of carbonyl (C=O) groups is 2. The Bertz CT molecular complexity index is 909. The van der Waals surface area contributed by atoms with E-state index in [4.69, 9.17) is 5.11 Å². The minimum absolute atomic E-state index is 0.0626. The summed E-state index contributed by atoms with van der Waals surface area (Å²) in [6.45, 7) is 7.47. The lowest BCUT2D eigenvalue weighted by Gasteiger charge is -2.30. The molecule has 2 aromatic carbocycles. The molecule has 3 atom stereocenters. The molecule has 0 spiro atoms. The maximum absolute atomic E-state index is 12.3. The van der Waals surface area contributed by atoms with Crippen LogP contribution in [0.5, 0.6) is 0 Å². The van der Waals surface area contributed by atoms with Crippen LogP contribution in [0.2, 0.25) is 0 Å². The highest BCUT2D eigenvalue weighted by molar-refractivity contribution is 5.74. The lowest BCUT2D eigenvalue weighted by molar-refractivity contribution is -0.136. The van der Waals surface area contributed by atoms with Crippen LogP contribution in [0.3, 0.4) is 0 Å². The number of fused-ring (bicyclic) bond motifs is 1. The molecule has 0 aromatic heterocycles. The molecule has 1 amide bonds. The average Bonchev–Trinajstić information content (AvgIpc) is 3.21. The molecule has 4 rings (SSSR count). The molecule has 5 heteroatoms. The molecule has 0 radical (unpaired) electrons. The predicted molar refractivity (Wildman–Crippen MR) is 111 cm³/mol. The fourth-order valence-corrected chi connectivity index (χ4v) is 5.10. The molecule has 0 bridgehead atoms. The van der Waals surface area contributed by atoms with Crippen molar-refractivity contribution >= 4 is 11.9 Å². The zero-order valence-electron chi connectivity index (χ0n) is 17.0. The highest BCUT2D eigenvalue weighted by Crippen LogP contribution is 2.46. The van der Waals surface area contributed by atoms with Crippen LogP contribution in [-0.4, -0.2) is 46.4 Å². The van der Waals surface area contributed by atoms with E-state index in [0.717, 1.165) is 31.7 Å². The number of aliphatic carboxylic acids is 1. The molecule has 2 aliphatic rings. The second kappa shape index (κ2) is 7.99. The van der Waals surface area contributed by atoms with Crippen molar-refractivity contribution in [3.63, 3.8) is 0 Å². The van der Waals surface area contributed by atoms with Gasteiger partial charge in [-0.2, -0.15) is 0 Å². The van der Waals surface area contributed by atoms with Gasteiger partial charge in [0.25, 0.3) is 0 Å². The molecular formula is C24H28N2O3. The standard InChI is InChI=1S/C24H28N2O3/c1-16-5-3-4-6-21(16)24-22-15-25(13-20(22)14-26(24)17(2)27)12-19-9-7-18(8-10-19)11-23(28)29/h3-10,20,22,24H,11-15H2,1-2H3,(H,28,29)/t20-,22-,24-/m1/s1. The third kappa shape index (κ3) is 4.06. The van der Waals surface area contributed by atoms with Gasteiger partial charge in [-0.3, -0.25) is 14.5 Å². The predicted octanol–water partition coefficient (Wildman–Crippen LogP) is 3.27. The Morgan fingerprint density at radius 3 is 2.34 bits per heavy atom. The summed E-state index contributed by atoms with van der Waals surface area (Å²) in [5.41, 5.74) is 4.55. The molecule has 152 valence electrons. The number of carboxylic acids is 1. The second-order valence-corrected chi connectivity index (χ2v) is 8.48. The van der Waals surface area contributed by atoms with Gasteiger partial charge in [0.1, 0.15) is 0 Å². The number of nitrogens with zero attached hydrogens (tertiary/aromatic N) is 2. The number of aryl methyl sites for hydroxylation is 1. The van der Waals surface area contributed by atoms with Gasteiger partial charge in [-0.25, -0.2) is 0 Å². The molecule has 2 aliphatic heterocycles. The summed E-state index contributed by atoms with van der Waals surface area (Å²) in [5, 5.41) is 8.92. The van der Waals surface area contributed by atoms with Crippen molar-refractivity contribution in [2.75, 3.05) is 19.6 Å². The molecule has 0 aliphatic carbocycles. The molecule has 5 nitrogen and oxygen atoms in total. The van der Waals surface area contributed by atoms with Gasteiger partial charge in [-0.05, 0) is 35.1 Å². The van der Waals surface area contributed by atoms with E-state index in [-0.39, 0.29) is 18.4 Å². The molecule has 29 heavy (non-hydrogen) atoms. The summed E-state index contributed by atoms with van der Waals surface area (Å²) in [6.07, 6.45) is 0.0626. The fraction of sp³-hybridized carbons (Fsp3) is 0.417. The number of benzene rings is 2. The Labute approximate surface area is 171 Å². The van der Waals surface area contributed by atoms with Crippen LogP contribution in [0.1, 0.15) is 35.2 Å². The number of carboxylic acid groups (broad SMARTS) is 1. The van der Waals surface area contributed by atoms with Gasteiger partial charge in [0.2, 0.25) is 5.91 Å². The van der Waals surface area contributed by atoms with Crippen LogP contribution < -0.4 is 0 Å². The van der Waals surface area contributed by atoms with Crippen molar-refractivity contribution in [1.29, 1.82) is 0 Å². The molecular weight excluding hydrogens is 364 g/mol. The monoisotopic (exact) mass is 392 g/mol. The van der Waals surface area contributed by atoms with Crippen LogP contribution >= 0.6 is 0 Å². The van der Waals surface area contributed by atoms with Crippen molar-refractivity contribution in [1.82, 2.24) is 9.80 Å². The number of amides is 1. The summed E-state index contributed by atoms with van der Waals surface area (Å²) in [5.74, 6) is 0.302. The Morgan fingerprint density at radius 1 is 1.00 bits per heavy atom. The Morgan fingerprint density at radius 2 is 1.69 bits per heavy atom. The number of carbonyl (C=O) groups excluding carboxylic acids is 1. The molecule has 2 saturated heterocycles. The molecule has 2 heterocycles. The van der Waals surface area contributed by atoms with Crippen LogP contribution in [-0.2, 0) is 22.6 Å². The van der Waals surface area contributed by atoms with E-state index in [2.05, 4.69) is 41.0 Å². The van der Waals surface area contributed by atoms with E-state index < -0.39 is 5.97 Å². The van der Waals surface area contributed by atoms with E-state index in [1.54, 1.807) is 6.92 Å². The minimum Gasteiger partial charge on any atom is -0.481 e. The topological polar surface area (TPSA) is 60.9 Å². The van der Waals surface area contributed by atoms with Crippen molar-refractivity contribution in [3.05, 3.63) is 70.8 Å². The minimum atomic E-state index is -0.803. The lowest BCUT2D eigenvalue weighted by atomic mass is 9.87.